The fourth-order valence-corrected chi connectivity index (χ4v) is 3.21. The summed E-state index contributed by atoms with van der Waals surface area (Å²) < 4.78 is 13.8. The maximum absolute atomic E-state index is 13.5. The number of aryl methyl sites for hydroxylation is 1. The maximum Gasteiger partial charge on any atom is 0.316 e. The first-order chi connectivity index (χ1) is 14.9. The van der Waals surface area contributed by atoms with E-state index in [0.717, 1.165) is 5.56 Å². The molecular weight excluding hydrogens is 471 g/mol. The highest BCUT2D eigenvalue weighted by atomic mass is 79.9. The minimum atomic E-state index is -0.388. The third kappa shape index (κ3) is 5.79. The number of amides is 1. The molecule has 3 rings (SSSR count). The Bertz CT molecular complexity index is 1120. The van der Waals surface area contributed by atoms with Gasteiger partial charge in [-0.05, 0) is 46.1 Å². The first-order valence-electron chi connectivity index (χ1n) is 9.21. The predicted octanol–water partition coefficient (Wildman–Crippen LogP) is 3.39. The number of aliphatic imine (C=N–C) groups is 3. The van der Waals surface area contributed by atoms with Crippen LogP contribution in [0.1, 0.15) is 12.0 Å². The van der Waals surface area contributed by atoms with Crippen molar-refractivity contribution in [1.29, 1.82) is 0 Å². The van der Waals surface area contributed by atoms with Gasteiger partial charge in [0.2, 0.25) is 5.91 Å². The lowest BCUT2D eigenvalue weighted by molar-refractivity contribution is -0.729. The lowest BCUT2D eigenvalue weighted by Crippen LogP contribution is -2.40. The smallest absolute Gasteiger partial charge is 0.316 e. The van der Waals surface area contributed by atoms with Gasteiger partial charge in [-0.3, -0.25) is 14.8 Å². The van der Waals surface area contributed by atoms with Crippen LogP contribution in [0.4, 0.5) is 15.8 Å². The summed E-state index contributed by atoms with van der Waals surface area (Å²) in [6.07, 6.45) is 0.501. The Hall–Kier alpha value is -3.47. The highest BCUT2D eigenvalue weighted by Gasteiger charge is 2.22. The highest BCUT2D eigenvalue weighted by molar-refractivity contribution is 9.10. The molecule has 0 fully saturated rings. The number of hydrogen-bond donors (Lipinski definition) is 3. The molecule has 0 unspecified atom stereocenters. The molecule has 11 heteroatoms. The van der Waals surface area contributed by atoms with Gasteiger partial charge in [0.05, 0.1) is 9.38 Å². The maximum atomic E-state index is 13.5. The molecule has 0 bridgehead atoms. The fourth-order valence-electron chi connectivity index (χ4n) is 2.83. The van der Waals surface area contributed by atoms with Gasteiger partial charge < -0.3 is 10.6 Å². The molecule has 1 aliphatic rings. The van der Waals surface area contributed by atoms with Crippen LogP contribution < -0.4 is 10.6 Å². The summed E-state index contributed by atoms with van der Waals surface area (Å²) in [5.74, 6) is -0.0159. The third-order valence-electron chi connectivity index (χ3n) is 4.34. The van der Waals surface area contributed by atoms with Gasteiger partial charge in [0, 0.05) is 31.3 Å². The van der Waals surface area contributed by atoms with Gasteiger partial charge in [-0.15, -0.1) is 0 Å². The van der Waals surface area contributed by atoms with Gasteiger partial charge >= 0.3 is 5.69 Å². The number of halogens is 2. The molecule has 9 nitrogen and oxygen atoms in total. The number of rotatable bonds is 6. The van der Waals surface area contributed by atoms with Crippen LogP contribution in [-0.4, -0.2) is 47.1 Å². The minimum Gasteiger partial charge on any atom is -0.339 e. The zero-order chi connectivity index (χ0) is 22.4. The van der Waals surface area contributed by atoms with Crippen molar-refractivity contribution in [2.45, 2.75) is 12.8 Å². The summed E-state index contributed by atoms with van der Waals surface area (Å²) in [6.45, 7) is 0.149. The SMILES string of the molecule is C/N=C(\Nc1ccc(F)c(Br)c1)C1=NCN=C1NC(=O)CCc1cccc([N+](=O)O)c1. The van der Waals surface area contributed by atoms with E-state index in [1.54, 1.807) is 31.3 Å². The number of nitrogens with zero attached hydrogens (tertiary/aromatic N) is 4. The Labute approximate surface area is 185 Å². The molecule has 1 heterocycles. The van der Waals surface area contributed by atoms with E-state index in [1.807, 2.05) is 0 Å². The zero-order valence-corrected chi connectivity index (χ0v) is 18.1. The van der Waals surface area contributed by atoms with Crippen molar-refractivity contribution in [3.63, 3.8) is 0 Å². The van der Waals surface area contributed by atoms with E-state index < -0.39 is 0 Å². The van der Waals surface area contributed by atoms with Crippen molar-refractivity contribution in [3.05, 3.63) is 63.2 Å². The second-order valence-electron chi connectivity index (χ2n) is 6.47. The van der Waals surface area contributed by atoms with Crippen LogP contribution in [0.2, 0.25) is 0 Å². The van der Waals surface area contributed by atoms with Crippen LogP contribution in [0.15, 0.2) is 61.9 Å². The van der Waals surface area contributed by atoms with Crippen LogP contribution in [0, 0.1) is 10.7 Å². The van der Waals surface area contributed by atoms with E-state index in [9.17, 15) is 14.1 Å². The summed E-state index contributed by atoms with van der Waals surface area (Å²) in [7, 11) is 1.56. The van der Waals surface area contributed by atoms with E-state index in [0.29, 0.717) is 28.1 Å². The first-order valence-corrected chi connectivity index (χ1v) is 10.00. The van der Waals surface area contributed by atoms with E-state index >= 15 is 0 Å². The monoisotopic (exact) mass is 489 g/mol. The number of carbonyl (C=O) groups is 1. The van der Waals surface area contributed by atoms with Gasteiger partial charge in [-0.2, -0.15) is 0 Å². The predicted molar refractivity (Wildman–Crippen MR) is 119 cm³/mol. The van der Waals surface area contributed by atoms with E-state index in [2.05, 4.69) is 41.5 Å². The molecule has 2 aromatic rings. The molecule has 0 aliphatic carbocycles. The molecular formula is C20H19BrFN6O3+. The number of nitrogens with one attached hydrogen (secondary N) is 2. The Kier molecular flexibility index (Phi) is 7.19. The second kappa shape index (κ2) is 10.0. The molecule has 3 N–H and O–H groups in total. The largest absolute Gasteiger partial charge is 0.339 e. The van der Waals surface area contributed by atoms with Crippen molar-refractivity contribution in [2.24, 2.45) is 15.0 Å². The number of amidine groups is 2. The molecule has 31 heavy (non-hydrogen) atoms. The second-order valence-corrected chi connectivity index (χ2v) is 7.33. The van der Waals surface area contributed by atoms with Gasteiger partial charge in [-0.1, -0.05) is 12.1 Å². The standard InChI is InChI=1S/C20H18BrFN6O3/c1-23-19(26-13-6-7-16(22)15(21)10-13)18-20(25-11-24-18)27-17(29)8-5-12-3-2-4-14(9-12)28(30)31/h2-4,6-7,9-10H,5,8,11H2,1H3,(H2-,23,25,26,27,29,30,31)/p+1. The van der Waals surface area contributed by atoms with Crippen molar-refractivity contribution < 1.29 is 19.3 Å². The van der Waals surface area contributed by atoms with Crippen molar-refractivity contribution in [2.75, 3.05) is 19.0 Å². The number of hydrogen-bond acceptors (Lipinski definition) is 5. The first kappa shape index (κ1) is 22.2. The fraction of sp³-hybridized carbons (Fsp3) is 0.200. The van der Waals surface area contributed by atoms with E-state index in [1.165, 1.54) is 18.2 Å². The topological polar surface area (TPSA) is 119 Å². The Balaban J connectivity index is 1.61. The Morgan fingerprint density at radius 3 is 2.77 bits per heavy atom. The number of benzene rings is 2. The van der Waals surface area contributed by atoms with Crippen LogP contribution in [0.25, 0.3) is 0 Å². The van der Waals surface area contributed by atoms with Crippen LogP contribution in [0.3, 0.4) is 0 Å². The van der Waals surface area contributed by atoms with Gasteiger partial charge in [0.25, 0.3) is 4.92 Å². The lowest BCUT2D eigenvalue weighted by Gasteiger charge is -2.12. The summed E-state index contributed by atoms with van der Waals surface area (Å²) in [4.78, 5) is 35.8. The summed E-state index contributed by atoms with van der Waals surface area (Å²) in [5.41, 5.74) is 1.80. The van der Waals surface area contributed by atoms with Gasteiger partial charge in [0.15, 0.2) is 11.7 Å². The molecule has 0 radical (unpaired) electrons. The average molecular weight is 490 g/mol. The summed E-state index contributed by atoms with van der Waals surface area (Å²) in [6, 6.07) is 10.8. The van der Waals surface area contributed by atoms with Crippen molar-refractivity contribution in [3.8, 4) is 0 Å². The number of anilines is 1. The van der Waals surface area contributed by atoms with Gasteiger partial charge in [-0.25, -0.2) is 14.6 Å². The van der Waals surface area contributed by atoms with E-state index in [4.69, 9.17) is 5.21 Å². The molecule has 2 aromatic carbocycles. The minimum absolute atomic E-state index is 0.0924. The average Bonchev–Trinajstić information content (AvgIpc) is 3.21. The Morgan fingerprint density at radius 1 is 1.26 bits per heavy atom. The molecule has 0 spiro atoms. The van der Waals surface area contributed by atoms with Crippen LogP contribution in [-0.2, 0) is 11.2 Å². The Morgan fingerprint density at radius 2 is 2.06 bits per heavy atom. The zero-order valence-electron chi connectivity index (χ0n) is 16.5. The van der Waals surface area contributed by atoms with Crippen molar-refractivity contribution in [1.82, 2.24) is 5.32 Å². The molecule has 0 aromatic heterocycles. The molecule has 0 saturated carbocycles. The van der Waals surface area contributed by atoms with Gasteiger partial charge in [0.1, 0.15) is 18.2 Å². The third-order valence-corrected chi connectivity index (χ3v) is 4.95. The van der Waals surface area contributed by atoms with Crippen LogP contribution in [0.5, 0.6) is 0 Å². The molecule has 1 amide bonds. The quantitative estimate of drug-likeness (QED) is 0.327. The summed E-state index contributed by atoms with van der Waals surface area (Å²) >= 11 is 3.14. The normalized spacial score (nSPS) is 13.5. The number of carbonyl (C=O) groups excluding carboxylic acids is 1. The molecule has 0 saturated heterocycles. The molecule has 0 atom stereocenters. The molecule has 160 valence electrons. The lowest BCUT2D eigenvalue weighted by atomic mass is 10.1. The van der Waals surface area contributed by atoms with E-state index in [-0.39, 0.29) is 41.3 Å². The molecule has 1 aliphatic heterocycles. The van der Waals surface area contributed by atoms with Crippen molar-refractivity contribution >= 4 is 50.6 Å². The highest BCUT2D eigenvalue weighted by Crippen LogP contribution is 2.20. The summed E-state index contributed by atoms with van der Waals surface area (Å²) in [5, 5.41) is 14.8. The van der Waals surface area contributed by atoms with Crippen LogP contribution >= 0.6 is 15.9 Å².